The average Bonchev–Trinajstić information content (AvgIpc) is 4.05. The molecule has 3 heterocycles. The van der Waals surface area contributed by atoms with Gasteiger partial charge in [-0.3, -0.25) is 19.1 Å². The molecule has 3 saturated carbocycles. The van der Waals surface area contributed by atoms with Crippen molar-refractivity contribution in [3.05, 3.63) is 51.5 Å². The normalized spacial score (nSPS) is 27.5. The summed E-state index contributed by atoms with van der Waals surface area (Å²) in [7, 11) is -2.04. The van der Waals surface area contributed by atoms with Crippen LogP contribution in [0.2, 0.25) is 0 Å². The van der Waals surface area contributed by atoms with E-state index in [1.54, 1.807) is 29.5 Å². The van der Waals surface area contributed by atoms with Crippen molar-refractivity contribution in [3.63, 3.8) is 0 Å². The minimum absolute atomic E-state index is 0.100. The highest BCUT2D eigenvalue weighted by Crippen LogP contribution is 2.58. The number of sulfonamides is 1. The number of carbonyl (C=O) groups is 3. The van der Waals surface area contributed by atoms with E-state index in [0.717, 1.165) is 19.3 Å². The number of ketones is 1. The van der Waals surface area contributed by atoms with Crippen LogP contribution in [0.4, 0.5) is 0 Å². The summed E-state index contributed by atoms with van der Waals surface area (Å²) in [6.45, 7) is 0.378. The van der Waals surface area contributed by atoms with Gasteiger partial charge in [0.1, 0.15) is 27.9 Å². The third-order valence-corrected chi connectivity index (χ3v) is 14.5. The molecule has 0 spiro atoms. The largest absolute Gasteiger partial charge is 0.490 e. The molecule has 4 aliphatic rings. The topological polar surface area (TPSA) is 156 Å². The van der Waals surface area contributed by atoms with Crippen molar-refractivity contribution >= 4 is 65.8 Å². The Balaban J connectivity index is 1.21. The molecule has 7 rings (SSSR count). The first-order valence-corrected chi connectivity index (χ1v) is 21.0. The number of fused-ring (bicyclic) bond motifs is 3. The van der Waals surface area contributed by atoms with Gasteiger partial charge in [0.2, 0.25) is 21.8 Å². The van der Waals surface area contributed by atoms with Crippen LogP contribution in [0, 0.1) is 35.5 Å². The smallest absolute Gasteiger partial charge is 0.240 e. The first-order chi connectivity index (χ1) is 24.9. The second-order valence-electron chi connectivity index (χ2n) is 14.5. The summed E-state index contributed by atoms with van der Waals surface area (Å²) < 4.78 is 35.3. The lowest BCUT2D eigenvalue weighted by Gasteiger charge is -2.37. The number of nitrogens with one attached hydrogen (secondary N) is 1. The third kappa shape index (κ3) is 7.29. The molecule has 0 bridgehead atoms. The van der Waals surface area contributed by atoms with Crippen LogP contribution in [-0.2, 0) is 31.0 Å². The number of rotatable bonds is 7. The molecule has 1 aliphatic heterocycles. The van der Waals surface area contributed by atoms with Crippen molar-refractivity contribution in [2.45, 2.75) is 82.2 Å². The van der Waals surface area contributed by atoms with Crippen molar-refractivity contribution in [2.24, 2.45) is 23.2 Å². The highest BCUT2D eigenvalue weighted by Gasteiger charge is 2.61. The van der Waals surface area contributed by atoms with Gasteiger partial charge in [-0.2, -0.15) is 0 Å². The summed E-state index contributed by atoms with van der Waals surface area (Å²) in [5.41, 5.74) is 1.06. The molecule has 0 unspecified atom stereocenters. The summed E-state index contributed by atoms with van der Waals surface area (Å²) >= 11 is 4.96. The van der Waals surface area contributed by atoms with E-state index in [4.69, 9.17) is 16.1 Å². The molecule has 2 amide bonds. The van der Waals surface area contributed by atoms with E-state index in [1.807, 2.05) is 18.2 Å². The Morgan fingerprint density at radius 3 is 2.73 bits per heavy atom. The van der Waals surface area contributed by atoms with Crippen molar-refractivity contribution in [1.29, 1.82) is 0 Å². The van der Waals surface area contributed by atoms with Crippen molar-refractivity contribution in [3.8, 4) is 28.8 Å². The lowest BCUT2D eigenvalue weighted by molar-refractivity contribution is -0.144. The number of hydrogen-bond donors (Lipinski definition) is 2. The first kappa shape index (κ1) is 36.7. The number of benzene rings is 1. The van der Waals surface area contributed by atoms with Gasteiger partial charge in [0.25, 0.3) is 0 Å². The van der Waals surface area contributed by atoms with Gasteiger partial charge in [0.05, 0.1) is 28.9 Å². The number of allylic oxidation sites excluding steroid dienone is 2. The number of pyridine rings is 1. The van der Waals surface area contributed by atoms with Gasteiger partial charge < -0.3 is 14.7 Å². The number of terminal acetylenes is 1. The molecule has 0 saturated heterocycles. The Labute approximate surface area is 315 Å². The van der Waals surface area contributed by atoms with Crippen LogP contribution in [0.15, 0.2) is 40.2 Å². The van der Waals surface area contributed by atoms with Gasteiger partial charge in [-0.15, -0.1) is 17.8 Å². The molecule has 11 nitrogen and oxygen atoms in total. The Hall–Kier alpha value is -3.64. The molecule has 2 aromatic heterocycles. The molecule has 274 valence electrons. The monoisotopic (exact) mass is 808 g/mol. The molecular weight excluding hydrogens is 768 g/mol. The Kier molecular flexibility index (Phi) is 10.3. The number of hydrogen-bond acceptors (Lipinski definition) is 10. The van der Waals surface area contributed by atoms with Crippen molar-refractivity contribution in [1.82, 2.24) is 19.6 Å². The molecule has 3 aromatic rings. The fourth-order valence-electron chi connectivity index (χ4n) is 7.66. The lowest BCUT2D eigenvalue weighted by Crippen LogP contribution is -2.46. The fraction of sp³-hybridized carbons (Fsp3) is 0.500. The number of amides is 2. The number of carbonyl (C=O) groups excluding carboxylic acids is 3. The minimum Gasteiger partial charge on any atom is -0.490 e. The zero-order valence-corrected chi connectivity index (χ0v) is 32.1. The molecule has 5 atom stereocenters. The van der Waals surface area contributed by atoms with Crippen LogP contribution in [0.25, 0.3) is 21.6 Å². The number of halogens is 1. The highest BCUT2D eigenvalue weighted by molar-refractivity contribution is 9.10. The van der Waals surface area contributed by atoms with Crippen LogP contribution in [-0.4, -0.2) is 70.9 Å². The molecule has 52 heavy (non-hydrogen) atoms. The van der Waals surface area contributed by atoms with E-state index in [2.05, 4.69) is 31.6 Å². The second kappa shape index (κ2) is 14.6. The molecule has 0 radical (unpaired) electrons. The van der Waals surface area contributed by atoms with Crippen LogP contribution < -0.4 is 9.46 Å². The molecule has 3 aliphatic carbocycles. The fourth-order valence-corrected chi connectivity index (χ4v) is 10.3. The summed E-state index contributed by atoms with van der Waals surface area (Å²) in [5, 5.41) is 12.4. The predicted molar refractivity (Wildman–Crippen MR) is 201 cm³/mol. The van der Waals surface area contributed by atoms with Crippen LogP contribution >= 0.6 is 27.3 Å². The summed E-state index contributed by atoms with van der Waals surface area (Å²) in [5.74, 6) is 0.515. The average molecular weight is 810 g/mol. The van der Waals surface area contributed by atoms with Gasteiger partial charge in [-0.05, 0) is 97.2 Å². The van der Waals surface area contributed by atoms with Gasteiger partial charge in [-0.25, -0.2) is 18.4 Å². The zero-order chi connectivity index (χ0) is 36.8. The number of thiazole rings is 1. The van der Waals surface area contributed by atoms with Crippen LogP contribution in [0.1, 0.15) is 75.5 Å². The van der Waals surface area contributed by atoms with E-state index >= 15 is 0 Å². The maximum atomic E-state index is 14.5. The second-order valence-corrected chi connectivity index (χ2v) is 18.1. The quantitative estimate of drug-likeness (QED) is 0.232. The minimum atomic E-state index is -3.81. The van der Waals surface area contributed by atoms with Gasteiger partial charge in [-0.1, -0.05) is 18.2 Å². The van der Waals surface area contributed by atoms with Crippen molar-refractivity contribution in [2.75, 3.05) is 13.6 Å². The number of ether oxygens (including phenoxy) is 1. The number of nitrogens with zero attached hydrogens (tertiary/aromatic N) is 3. The molecule has 1 aromatic carbocycles. The summed E-state index contributed by atoms with van der Waals surface area (Å²) in [6.07, 6.45) is 14.0. The van der Waals surface area contributed by atoms with E-state index in [1.165, 1.54) is 11.3 Å². The first-order valence-electron chi connectivity index (χ1n) is 17.8. The molecule has 3 fully saturated rings. The Bertz CT molecular complexity index is 2110. The summed E-state index contributed by atoms with van der Waals surface area (Å²) in [4.78, 5) is 53.2. The van der Waals surface area contributed by atoms with Crippen molar-refractivity contribution < 1.29 is 32.6 Å². The van der Waals surface area contributed by atoms with Gasteiger partial charge in [0.15, 0.2) is 0 Å². The highest BCUT2D eigenvalue weighted by atomic mass is 79.9. The zero-order valence-electron chi connectivity index (χ0n) is 28.8. The van der Waals surface area contributed by atoms with E-state index in [9.17, 15) is 27.9 Å². The summed E-state index contributed by atoms with van der Waals surface area (Å²) in [6, 6.07) is 5.43. The standard InChI is InChI=1S/C38H41BrN4O7S2/c1-3-24-21-51-35(40-24)30-17-32(28-13-9-22(20-44)33(39)34(28)41-30)50-25-10-14-27-29(16-25)31(45)19-38(37(47)42-52(48,49)26-11-12-26)18-23(38)8-6-4-5-7-15-43(2)36(27)46/h1,6,8-9,13,17,21,23,25-27,29,44H,4-5,7,10-12,14-16,18-20H2,2H3,(H,42,47)/b8-6-/t23-,25+,27-,29-,38-/m1/s1. The number of aliphatic hydroxyl groups is 1. The predicted octanol–water partition coefficient (Wildman–Crippen LogP) is 5.53. The Morgan fingerprint density at radius 2 is 2.00 bits per heavy atom. The lowest BCUT2D eigenvalue weighted by atomic mass is 9.72. The number of Topliss-reactive ketones (excluding diaryl/α,β-unsaturated/α-hetero) is 1. The molecule has 14 heteroatoms. The number of aromatic nitrogens is 2. The van der Waals surface area contributed by atoms with E-state index in [0.29, 0.717) is 81.7 Å². The van der Waals surface area contributed by atoms with E-state index in [-0.39, 0.29) is 37.1 Å². The molecule has 2 N–H and O–H groups in total. The SMILES string of the molecule is C#Cc1csc(-c2cc(O[C@H]3CC[C@H]4C(=O)N(C)CCCC/C=C\[C@@H]5C[C@@]5(C(=O)NS(=O)(=O)C5CC5)CC(=O)[C@@H]4C3)c3ccc(CO)c(Br)c3n2)n1. The van der Waals surface area contributed by atoms with Gasteiger partial charge >= 0.3 is 0 Å². The Morgan fingerprint density at radius 1 is 1.19 bits per heavy atom. The van der Waals surface area contributed by atoms with Gasteiger partial charge in [0, 0.05) is 53.2 Å². The maximum absolute atomic E-state index is 14.5. The van der Waals surface area contributed by atoms with E-state index < -0.39 is 44.5 Å². The van der Waals surface area contributed by atoms with Crippen LogP contribution in [0.5, 0.6) is 5.75 Å². The van der Waals surface area contributed by atoms with Crippen LogP contribution in [0.3, 0.4) is 0 Å². The molecular formula is C38H41BrN4O7S2. The maximum Gasteiger partial charge on any atom is 0.240 e. The number of aliphatic hydroxyl groups excluding tert-OH is 1. The third-order valence-electron chi connectivity index (χ3n) is 11.0.